The number of hydrogen-bond acceptors (Lipinski definition) is 7. The predicted molar refractivity (Wildman–Crippen MR) is 124 cm³/mol. The molecule has 0 radical (unpaired) electrons. The lowest BCUT2D eigenvalue weighted by atomic mass is 9.78. The van der Waals surface area contributed by atoms with Crippen LogP contribution in [-0.2, 0) is 21.8 Å². The summed E-state index contributed by atoms with van der Waals surface area (Å²) in [6, 6.07) is 8.21. The number of nitrogens with zero attached hydrogens (tertiary/aromatic N) is 4. The first-order chi connectivity index (χ1) is 18.4. The fourth-order valence-electron chi connectivity index (χ4n) is 4.19. The summed E-state index contributed by atoms with van der Waals surface area (Å²) in [4.78, 5) is 6.70. The van der Waals surface area contributed by atoms with E-state index in [-0.39, 0.29) is 18.4 Å². The number of allylic oxidation sites excluding steroid dienone is 1. The Labute approximate surface area is 220 Å². The van der Waals surface area contributed by atoms with Gasteiger partial charge in [0, 0.05) is 44.0 Å². The van der Waals surface area contributed by atoms with Crippen molar-refractivity contribution in [2.24, 2.45) is 0 Å². The van der Waals surface area contributed by atoms with Gasteiger partial charge in [0.05, 0.1) is 36.5 Å². The van der Waals surface area contributed by atoms with Crippen LogP contribution in [0, 0.1) is 22.7 Å². The molecule has 2 fully saturated rings. The topological polar surface area (TPSA) is 112 Å². The highest BCUT2D eigenvalue weighted by molar-refractivity contribution is 5.79. The van der Waals surface area contributed by atoms with E-state index < -0.39 is 35.3 Å². The second kappa shape index (κ2) is 12.6. The SMILES string of the molecule is N#CC(=C1CCOCC1)c1ccc(C(F)(F)F)nc1.N#CC(c1ccc(C(F)(F)F)nc1)C1(O)CCOCC1. The zero-order valence-corrected chi connectivity index (χ0v) is 20.5. The van der Waals surface area contributed by atoms with Crippen molar-refractivity contribution in [2.75, 3.05) is 26.4 Å². The molecule has 39 heavy (non-hydrogen) atoms. The van der Waals surface area contributed by atoms with Gasteiger partial charge in [-0.15, -0.1) is 0 Å². The number of hydrogen-bond donors (Lipinski definition) is 1. The zero-order chi connectivity index (χ0) is 28.7. The molecule has 0 spiro atoms. The molecule has 0 bridgehead atoms. The molecule has 0 saturated carbocycles. The average Bonchev–Trinajstić information content (AvgIpc) is 2.90. The van der Waals surface area contributed by atoms with Crippen molar-refractivity contribution in [3.8, 4) is 12.1 Å². The summed E-state index contributed by atoms with van der Waals surface area (Å²) in [5.41, 5.74) is -1.23. The largest absolute Gasteiger partial charge is 0.433 e. The van der Waals surface area contributed by atoms with Crippen LogP contribution in [0.25, 0.3) is 5.57 Å². The summed E-state index contributed by atoms with van der Waals surface area (Å²) in [6.45, 7) is 1.72. The number of halogens is 6. The van der Waals surface area contributed by atoms with Crippen LogP contribution in [0.2, 0.25) is 0 Å². The van der Waals surface area contributed by atoms with Gasteiger partial charge in [-0.25, -0.2) is 0 Å². The van der Waals surface area contributed by atoms with Gasteiger partial charge in [0.2, 0.25) is 0 Å². The van der Waals surface area contributed by atoms with Gasteiger partial charge in [0.25, 0.3) is 0 Å². The molecule has 2 aliphatic rings. The molecule has 2 aliphatic heterocycles. The number of aliphatic hydroxyl groups is 1. The fourth-order valence-corrected chi connectivity index (χ4v) is 4.19. The van der Waals surface area contributed by atoms with Gasteiger partial charge < -0.3 is 14.6 Å². The second-order valence-electron chi connectivity index (χ2n) is 8.89. The Kier molecular flexibility index (Phi) is 9.67. The van der Waals surface area contributed by atoms with Crippen LogP contribution in [0.15, 0.2) is 42.2 Å². The molecular formula is C26H24F6N4O3. The zero-order valence-electron chi connectivity index (χ0n) is 20.5. The molecule has 4 heterocycles. The number of ether oxygens (including phenoxy) is 2. The van der Waals surface area contributed by atoms with E-state index in [4.69, 9.17) is 14.7 Å². The molecule has 1 N–H and O–H groups in total. The maximum Gasteiger partial charge on any atom is 0.433 e. The highest BCUT2D eigenvalue weighted by atomic mass is 19.4. The number of rotatable bonds is 3. The first-order valence-corrected chi connectivity index (χ1v) is 11.9. The molecule has 208 valence electrons. The molecule has 2 saturated heterocycles. The van der Waals surface area contributed by atoms with Crippen LogP contribution < -0.4 is 0 Å². The maximum atomic E-state index is 12.4. The molecule has 13 heteroatoms. The number of nitriles is 2. The Bertz CT molecular complexity index is 1220. The predicted octanol–water partition coefficient (Wildman–Crippen LogP) is 5.44. The van der Waals surface area contributed by atoms with Crippen molar-refractivity contribution in [2.45, 2.75) is 49.6 Å². The molecule has 0 amide bonds. The Morgan fingerprint density at radius 2 is 1.38 bits per heavy atom. The van der Waals surface area contributed by atoms with E-state index in [1.165, 1.54) is 12.1 Å². The lowest BCUT2D eigenvalue weighted by Crippen LogP contribution is -2.41. The van der Waals surface area contributed by atoms with Gasteiger partial charge in [0.1, 0.15) is 17.3 Å². The lowest BCUT2D eigenvalue weighted by Gasteiger charge is -2.35. The van der Waals surface area contributed by atoms with Crippen molar-refractivity contribution >= 4 is 5.57 Å². The van der Waals surface area contributed by atoms with Crippen molar-refractivity contribution in [3.05, 3.63) is 64.7 Å². The molecule has 2 aromatic rings. The van der Waals surface area contributed by atoms with Crippen molar-refractivity contribution < 1.29 is 40.9 Å². The van der Waals surface area contributed by atoms with Crippen molar-refractivity contribution in [3.63, 3.8) is 0 Å². The Morgan fingerprint density at radius 1 is 0.846 bits per heavy atom. The lowest BCUT2D eigenvalue weighted by molar-refractivity contribution is -0.142. The van der Waals surface area contributed by atoms with E-state index in [1.807, 2.05) is 12.1 Å². The summed E-state index contributed by atoms with van der Waals surface area (Å²) in [5, 5.41) is 28.8. The third-order valence-electron chi connectivity index (χ3n) is 6.34. The summed E-state index contributed by atoms with van der Waals surface area (Å²) >= 11 is 0. The first-order valence-electron chi connectivity index (χ1n) is 11.9. The smallest absolute Gasteiger partial charge is 0.388 e. The maximum absolute atomic E-state index is 12.4. The minimum absolute atomic E-state index is 0.270. The van der Waals surface area contributed by atoms with E-state index in [1.54, 1.807) is 0 Å². The molecule has 1 unspecified atom stereocenters. The number of aromatic nitrogens is 2. The van der Waals surface area contributed by atoms with Crippen LogP contribution in [0.3, 0.4) is 0 Å². The minimum Gasteiger partial charge on any atom is -0.388 e. The third kappa shape index (κ3) is 7.76. The highest BCUT2D eigenvalue weighted by Gasteiger charge is 2.40. The summed E-state index contributed by atoms with van der Waals surface area (Å²) < 4.78 is 84.8. The second-order valence-corrected chi connectivity index (χ2v) is 8.89. The normalized spacial score (nSPS) is 18.1. The average molecular weight is 554 g/mol. The van der Waals surface area contributed by atoms with Gasteiger partial charge in [0.15, 0.2) is 0 Å². The highest BCUT2D eigenvalue weighted by Crippen LogP contribution is 2.36. The molecule has 4 rings (SSSR count). The molecule has 0 aliphatic carbocycles. The molecule has 0 aromatic carbocycles. The molecule has 1 atom stereocenters. The van der Waals surface area contributed by atoms with Gasteiger partial charge in [-0.3, -0.25) is 9.97 Å². The Balaban J connectivity index is 0.000000216. The number of pyridine rings is 2. The van der Waals surface area contributed by atoms with E-state index >= 15 is 0 Å². The van der Waals surface area contributed by atoms with Crippen LogP contribution in [0.1, 0.15) is 54.1 Å². The van der Waals surface area contributed by atoms with E-state index in [2.05, 4.69) is 9.97 Å². The Hall–Kier alpha value is -3.52. The van der Waals surface area contributed by atoms with Crippen LogP contribution in [0.5, 0.6) is 0 Å². The molecule has 2 aromatic heterocycles. The summed E-state index contributed by atoms with van der Waals surface area (Å²) in [5.74, 6) is -0.916. The van der Waals surface area contributed by atoms with Crippen LogP contribution >= 0.6 is 0 Å². The van der Waals surface area contributed by atoms with E-state index in [0.29, 0.717) is 50.4 Å². The van der Waals surface area contributed by atoms with Crippen LogP contribution in [-0.4, -0.2) is 47.1 Å². The standard InChI is InChI=1S/C13H13F3N2O2.C13H11F3N2O/c14-13(15,16)11-2-1-9(8-18-11)10(7-17)12(19)3-5-20-6-4-12;14-13(15,16)12-2-1-10(8-18-12)11(7-17)9-3-5-19-6-4-9/h1-2,8,10,19H,3-6H2;1-2,8H,3-6H2. The number of alkyl halides is 6. The minimum atomic E-state index is -4.52. The van der Waals surface area contributed by atoms with Crippen molar-refractivity contribution in [1.29, 1.82) is 10.5 Å². The van der Waals surface area contributed by atoms with Crippen molar-refractivity contribution in [1.82, 2.24) is 9.97 Å². The fraction of sp³-hybridized carbons (Fsp3) is 0.462. The van der Waals surface area contributed by atoms with E-state index in [9.17, 15) is 36.7 Å². The molecule has 7 nitrogen and oxygen atoms in total. The summed E-state index contributed by atoms with van der Waals surface area (Å²) in [7, 11) is 0. The summed E-state index contributed by atoms with van der Waals surface area (Å²) in [6.07, 6.45) is -5.08. The quantitative estimate of drug-likeness (QED) is 0.397. The van der Waals surface area contributed by atoms with Crippen LogP contribution in [0.4, 0.5) is 26.3 Å². The molecular weight excluding hydrogens is 530 g/mol. The van der Waals surface area contributed by atoms with Gasteiger partial charge in [-0.1, -0.05) is 6.07 Å². The van der Waals surface area contributed by atoms with E-state index in [0.717, 1.165) is 30.1 Å². The Morgan fingerprint density at radius 3 is 1.82 bits per heavy atom. The van der Waals surface area contributed by atoms with Gasteiger partial charge >= 0.3 is 12.4 Å². The first kappa shape index (κ1) is 30.0. The monoisotopic (exact) mass is 554 g/mol. The van der Waals surface area contributed by atoms with Gasteiger partial charge in [-0.2, -0.15) is 36.9 Å². The van der Waals surface area contributed by atoms with Gasteiger partial charge in [-0.05, 0) is 42.2 Å². The third-order valence-corrected chi connectivity index (χ3v) is 6.34.